The average molecular weight is 199 g/mol. The van der Waals surface area contributed by atoms with Crippen LogP contribution in [0.5, 0.6) is 0 Å². The lowest BCUT2D eigenvalue weighted by molar-refractivity contribution is -0.125. The van der Waals surface area contributed by atoms with Crippen molar-refractivity contribution in [3.8, 4) is 0 Å². The molecule has 4 heteroatoms. The van der Waals surface area contributed by atoms with Gasteiger partial charge in [0.25, 0.3) is 0 Å². The summed E-state index contributed by atoms with van der Waals surface area (Å²) in [7, 11) is 0. The lowest BCUT2D eigenvalue weighted by atomic mass is 9.98. The van der Waals surface area contributed by atoms with Gasteiger partial charge in [0.15, 0.2) is 0 Å². The van der Waals surface area contributed by atoms with Crippen LogP contribution in [0.3, 0.4) is 0 Å². The Hall–Kier alpha value is -0.610. The zero-order chi connectivity index (χ0) is 10.6. The SMILES string of the molecule is CC1CCN(C[C@@H](C)C(=O)NN)CC1. The van der Waals surface area contributed by atoms with Crippen molar-refractivity contribution >= 4 is 5.91 Å². The highest BCUT2D eigenvalue weighted by Crippen LogP contribution is 2.16. The number of amides is 1. The Morgan fingerprint density at radius 3 is 2.64 bits per heavy atom. The number of rotatable bonds is 3. The number of nitrogens with one attached hydrogen (secondary N) is 1. The largest absolute Gasteiger partial charge is 0.303 e. The van der Waals surface area contributed by atoms with E-state index in [-0.39, 0.29) is 11.8 Å². The van der Waals surface area contributed by atoms with E-state index in [1.54, 1.807) is 0 Å². The topological polar surface area (TPSA) is 58.4 Å². The summed E-state index contributed by atoms with van der Waals surface area (Å²) in [6.07, 6.45) is 2.49. The molecular weight excluding hydrogens is 178 g/mol. The highest BCUT2D eigenvalue weighted by atomic mass is 16.2. The van der Waals surface area contributed by atoms with E-state index in [2.05, 4.69) is 17.2 Å². The van der Waals surface area contributed by atoms with Crippen LogP contribution in [0.2, 0.25) is 0 Å². The predicted octanol–water partition coefficient (Wildman–Crippen LogP) is 0.344. The standard InChI is InChI=1S/C10H21N3O/c1-8-3-5-13(6-4-8)7-9(2)10(14)12-11/h8-9H,3-7,11H2,1-2H3,(H,12,14)/t9-/m1/s1. The number of hydrogen-bond donors (Lipinski definition) is 2. The van der Waals surface area contributed by atoms with E-state index >= 15 is 0 Å². The molecule has 0 unspecified atom stereocenters. The van der Waals surface area contributed by atoms with E-state index in [0.29, 0.717) is 0 Å². The fourth-order valence-electron chi connectivity index (χ4n) is 1.86. The summed E-state index contributed by atoms with van der Waals surface area (Å²) in [6, 6.07) is 0. The van der Waals surface area contributed by atoms with Gasteiger partial charge in [0, 0.05) is 12.5 Å². The number of carbonyl (C=O) groups excluding carboxylic acids is 1. The first-order chi connectivity index (χ1) is 6.63. The summed E-state index contributed by atoms with van der Waals surface area (Å²) in [4.78, 5) is 13.5. The minimum atomic E-state index is -0.0661. The van der Waals surface area contributed by atoms with Gasteiger partial charge in [-0.1, -0.05) is 13.8 Å². The van der Waals surface area contributed by atoms with Crippen LogP contribution in [0, 0.1) is 11.8 Å². The lowest BCUT2D eigenvalue weighted by Crippen LogP contribution is -2.42. The molecule has 3 N–H and O–H groups in total. The van der Waals surface area contributed by atoms with E-state index in [1.807, 2.05) is 6.92 Å². The molecule has 82 valence electrons. The third-order valence-electron chi connectivity index (χ3n) is 3.00. The minimum absolute atomic E-state index is 0.00611. The first-order valence-corrected chi connectivity index (χ1v) is 5.36. The van der Waals surface area contributed by atoms with E-state index in [9.17, 15) is 4.79 Å². The second-order valence-electron chi connectivity index (χ2n) is 4.39. The van der Waals surface area contributed by atoms with Crippen LogP contribution in [0.4, 0.5) is 0 Å². The van der Waals surface area contributed by atoms with Gasteiger partial charge in [0.2, 0.25) is 5.91 Å². The fourth-order valence-corrected chi connectivity index (χ4v) is 1.86. The molecule has 1 atom stereocenters. The van der Waals surface area contributed by atoms with Crippen LogP contribution in [-0.4, -0.2) is 30.4 Å². The lowest BCUT2D eigenvalue weighted by Gasteiger charge is -2.31. The Bertz CT molecular complexity index is 188. The number of piperidine rings is 1. The van der Waals surface area contributed by atoms with Gasteiger partial charge in [-0.3, -0.25) is 10.2 Å². The first-order valence-electron chi connectivity index (χ1n) is 5.36. The Morgan fingerprint density at radius 2 is 2.14 bits per heavy atom. The summed E-state index contributed by atoms with van der Waals surface area (Å²) >= 11 is 0. The second kappa shape index (κ2) is 5.32. The number of nitrogens with zero attached hydrogens (tertiary/aromatic N) is 1. The molecule has 0 bridgehead atoms. The molecule has 0 aromatic heterocycles. The molecule has 0 aromatic rings. The average Bonchev–Trinajstić information content (AvgIpc) is 2.20. The van der Waals surface area contributed by atoms with Crippen LogP contribution in [0.25, 0.3) is 0 Å². The molecule has 0 radical (unpaired) electrons. The summed E-state index contributed by atoms with van der Waals surface area (Å²) in [6.45, 7) is 7.26. The molecular formula is C10H21N3O. The summed E-state index contributed by atoms with van der Waals surface area (Å²) < 4.78 is 0. The highest BCUT2D eigenvalue weighted by Gasteiger charge is 2.20. The van der Waals surface area contributed by atoms with Crippen molar-refractivity contribution < 1.29 is 4.79 Å². The Morgan fingerprint density at radius 1 is 1.57 bits per heavy atom. The van der Waals surface area contributed by atoms with Crippen molar-refractivity contribution in [2.75, 3.05) is 19.6 Å². The monoisotopic (exact) mass is 199 g/mol. The van der Waals surface area contributed by atoms with Crippen molar-refractivity contribution in [3.63, 3.8) is 0 Å². The number of carbonyl (C=O) groups is 1. The van der Waals surface area contributed by atoms with Gasteiger partial charge in [0.05, 0.1) is 0 Å². The van der Waals surface area contributed by atoms with E-state index in [4.69, 9.17) is 5.84 Å². The van der Waals surface area contributed by atoms with Crippen LogP contribution in [-0.2, 0) is 4.79 Å². The van der Waals surface area contributed by atoms with E-state index < -0.39 is 0 Å². The zero-order valence-corrected chi connectivity index (χ0v) is 9.12. The highest BCUT2D eigenvalue weighted by molar-refractivity contribution is 5.77. The Labute approximate surface area is 85.8 Å². The van der Waals surface area contributed by atoms with Crippen LogP contribution < -0.4 is 11.3 Å². The van der Waals surface area contributed by atoms with Crippen molar-refractivity contribution in [1.82, 2.24) is 10.3 Å². The number of nitrogens with two attached hydrogens (primary N) is 1. The first kappa shape index (κ1) is 11.5. The molecule has 1 saturated heterocycles. The van der Waals surface area contributed by atoms with Crippen LogP contribution in [0.15, 0.2) is 0 Å². The molecule has 0 spiro atoms. The summed E-state index contributed by atoms with van der Waals surface area (Å²) in [5.41, 5.74) is 2.20. The maximum absolute atomic E-state index is 11.2. The van der Waals surface area contributed by atoms with Gasteiger partial charge in [-0.2, -0.15) is 0 Å². The molecule has 1 fully saturated rings. The normalized spacial score (nSPS) is 21.9. The van der Waals surface area contributed by atoms with Crippen LogP contribution >= 0.6 is 0 Å². The number of likely N-dealkylation sites (tertiary alicyclic amines) is 1. The van der Waals surface area contributed by atoms with E-state index in [0.717, 1.165) is 25.6 Å². The molecule has 4 nitrogen and oxygen atoms in total. The summed E-state index contributed by atoms with van der Waals surface area (Å²) in [5, 5.41) is 0. The third-order valence-corrected chi connectivity index (χ3v) is 3.00. The van der Waals surface area contributed by atoms with Crippen LogP contribution in [0.1, 0.15) is 26.7 Å². The molecule has 0 saturated carbocycles. The van der Waals surface area contributed by atoms with Gasteiger partial charge >= 0.3 is 0 Å². The fraction of sp³-hybridized carbons (Fsp3) is 0.900. The molecule has 0 aromatic carbocycles. The zero-order valence-electron chi connectivity index (χ0n) is 9.12. The number of hydrogen-bond acceptors (Lipinski definition) is 3. The van der Waals surface area contributed by atoms with Gasteiger partial charge in [-0.05, 0) is 31.8 Å². The van der Waals surface area contributed by atoms with Crippen molar-refractivity contribution in [3.05, 3.63) is 0 Å². The van der Waals surface area contributed by atoms with Crippen molar-refractivity contribution in [2.45, 2.75) is 26.7 Å². The van der Waals surface area contributed by atoms with Gasteiger partial charge in [-0.25, -0.2) is 5.84 Å². The molecule has 14 heavy (non-hydrogen) atoms. The molecule has 1 aliphatic heterocycles. The van der Waals surface area contributed by atoms with Crippen molar-refractivity contribution in [1.29, 1.82) is 0 Å². The van der Waals surface area contributed by atoms with E-state index in [1.165, 1.54) is 12.8 Å². The molecule has 1 heterocycles. The van der Waals surface area contributed by atoms with Gasteiger partial charge < -0.3 is 4.90 Å². The third kappa shape index (κ3) is 3.27. The Kier molecular flexibility index (Phi) is 4.35. The second-order valence-corrected chi connectivity index (χ2v) is 4.39. The molecule has 0 aliphatic carbocycles. The molecule has 1 amide bonds. The smallest absolute Gasteiger partial charge is 0.237 e. The number of hydrazine groups is 1. The predicted molar refractivity (Wildman–Crippen MR) is 56.3 cm³/mol. The van der Waals surface area contributed by atoms with Gasteiger partial charge in [0.1, 0.15) is 0 Å². The maximum atomic E-state index is 11.2. The summed E-state index contributed by atoms with van der Waals surface area (Å²) in [5.74, 6) is 5.85. The maximum Gasteiger partial charge on any atom is 0.237 e. The quantitative estimate of drug-likeness (QED) is 0.391. The molecule has 1 rings (SSSR count). The Balaban J connectivity index is 2.27. The molecule has 1 aliphatic rings. The minimum Gasteiger partial charge on any atom is -0.303 e. The van der Waals surface area contributed by atoms with Gasteiger partial charge in [-0.15, -0.1) is 0 Å². The van der Waals surface area contributed by atoms with Crippen molar-refractivity contribution in [2.24, 2.45) is 17.7 Å².